The number of rotatable bonds is 7. The quantitative estimate of drug-likeness (QED) is 0.210. The van der Waals surface area contributed by atoms with Crippen LogP contribution in [0.15, 0.2) is 85.1 Å². The Morgan fingerprint density at radius 3 is 1.50 bits per heavy atom. The topological polar surface area (TPSA) is 35.5 Å². The second kappa shape index (κ2) is 17.6. The third kappa shape index (κ3) is 10.5. The fraction of sp³-hybridized carbons (Fsp3) is 0.462. The minimum Gasteiger partial charge on any atom is -0.497 e. The van der Waals surface area contributed by atoms with Crippen LogP contribution in [0.4, 0.5) is 0 Å². The molecule has 3 aromatic carbocycles. The Bertz CT molecular complexity index is 1180. The second-order valence-corrected chi connectivity index (χ2v) is 12.1. The molecule has 0 spiro atoms. The number of aldehydes is 1. The van der Waals surface area contributed by atoms with Crippen LogP contribution in [0.3, 0.4) is 0 Å². The lowest BCUT2D eigenvalue weighted by atomic mass is 9.78. The van der Waals surface area contributed by atoms with E-state index < -0.39 is 0 Å². The van der Waals surface area contributed by atoms with Crippen LogP contribution in [0.5, 0.6) is 11.5 Å². The van der Waals surface area contributed by atoms with E-state index >= 15 is 0 Å². The first-order chi connectivity index (χ1) is 20.4. The summed E-state index contributed by atoms with van der Waals surface area (Å²) in [5.41, 5.74) is 5.57. The van der Waals surface area contributed by atoms with Crippen molar-refractivity contribution >= 4 is 6.29 Å². The number of carbonyl (C=O) groups excluding carboxylic acids is 1. The van der Waals surface area contributed by atoms with Gasteiger partial charge in [0.15, 0.2) is 0 Å². The molecular weight excluding hydrogens is 516 g/mol. The van der Waals surface area contributed by atoms with Crippen molar-refractivity contribution in [3.05, 3.63) is 107 Å². The van der Waals surface area contributed by atoms with Crippen LogP contribution >= 0.6 is 0 Å². The van der Waals surface area contributed by atoms with Crippen molar-refractivity contribution < 1.29 is 14.3 Å². The molecule has 42 heavy (non-hydrogen) atoms. The molecule has 3 nitrogen and oxygen atoms in total. The fourth-order valence-electron chi connectivity index (χ4n) is 5.89. The van der Waals surface area contributed by atoms with Crippen LogP contribution in [0.1, 0.15) is 106 Å². The van der Waals surface area contributed by atoms with Gasteiger partial charge in [-0.2, -0.15) is 0 Å². The lowest BCUT2D eigenvalue weighted by Crippen LogP contribution is -2.17. The van der Waals surface area contributed by atoms with Crippen molar-refractivity contribution in [2.24, 2.45) is 11.8 Å². The van der Waals surface area contributed by atoms with E-state index in [1.807, 2.05) is 24.3 Å². The summed E-state index contributed by atoms with van der Waals surface area (Å²) in [4.78, 5) is 10.6. The first-order valence-corrected chi connectivity index (χ1v) is 16.0. The Hall–Kier alpha value is -3.33. The standard InChI is InChI=1S/C22H26O2.C14H18O.C3H8/c1-16-4-6-19(7-5-16)20-10-8-18(9-11-20)17(2)24-22-14-12-21(23-3)13-15-22;1-11-2-6-13(7-3-11)14-8-4-12(10-15)5-9-14;1-3-2/h4-7,12-15,18,20H,2,8-11H2,1,3H3;2-3,6-7,10,12,14H,4-5,8-9H2,1H3;3H2,1-2H3. The number of ether oxygens (including phenoxy) is 2. The van der Waals surface area contributed by atoms with Gasteiger partial charge in [0.2, 0.25) is 0 Å². The Labute approximate surface area is 255 Å². The summed E-state index contributed by atoms with van der Waals surface area (Å²) in [7, 11) is 1.67. The van der Waals surface area contributed by atoms with E-state index in [-0.39, 0.29) is 0 Å². The van der Waals surface area contributed by atoms with Gasteiger partial charge in [-0.1, -0.05) is 86.5 Å². The Balaban J connectivity index is 0.000000230. The monoisotopic (exact) mass is 568 g/mol. The number of carbonyl (C=O) groups is 1. The molecule has 0 saturated heterocycles. The molecule has 0 heterocycles. The van der Waals surface area contributed by atoms with Gasteiger partial charge in [0.1, 0.15) is 17.8 Å². The smallest absolute Gasteiger partial charge is 0.127 e. The Morgan fingerprint density at radius 2 is 1.10 bits per heavy atom. The summed E-state index contributed by atoms with van der Waals surface area (Å²) in [6.07, 6.45) is 11.6. The van der Waals surface area contributed by atoms with Crippen molar-refractivity contribution in [3.8, 4) is 11.5 Å². The van der Waals surface area contributed by atoms with Crippen molar-refractivity contribution in [1.82, 2.24) is 0 Å². The molecule has 0 radical (unpaired) electrons. The molecular formula is C39H52O3. The molecule has 0 aromatic heterocycles. The predicted molar refractivity (Wildman–Crippen MR) is 177 cm³/mol. The third-order valence-electron chi connectivity index (χ3n) is 8.55. The molecule has 3 aromatic rings. The summed E-state index contributed by atoms with van der Waals surface area (Å²) < 4.78 is 11.1. The maximum Gasteiger partial charge on any atom is 0.127 e. The van der Waals surface area contributed by atoms with E-state index in [9.17, 15) is 4.79 Å². The van der Waals surface area contributed by atoms with E-state index in [0.717, 1.165) is 49.2 Å². The molecule has 2 aliphatic rings. The van der Waals surface area contributed by atoms with E-state index in [4.69, 9.17) is 9.47 Å². The molecule has 0 aliphatic heterocycles. The number of allylic oxidation sites excluding steroid dienone is 1. The third-order valence-corrected chi connectivity index (χ3v) is 8.55. The largest absolute Gasteiger partial charge is 0.497 e. The zero-order valence-corrected chi connectivity index (χ0v) is 26.6. The average molecular weight is 569 g/mol. The second-order valence-electron chi connectivity index (χ2n) is 12.1. The van der Waals surface area contributed by atoms with Gasteiger partial charge in [0.25, 0.3) is 0 Å². The summed E-state index contributed by atoms with van der Waals surface area (Å²) in [6, 6.07) is 25.5. The van der Waals surface area contributed by atoms with Gasteiger partial charge >= 0.3 is 0 Å². The van der Waals surface area contributed by atoms with Gasteiger partial charge in [-0.3, -0.25) is 0 Å². The molecule has 0 unspecified atom stereocenters. The summed E-state index contributed by atoms with van der Waals surface area (Å²) in [5, 5.41) is 0. The summed E-state index contributed by atoms with van der Waals surface area (Å²) in [5.74, 6) is 4.70. The molecule has 0 atom stereocenters. The van der Waals surface area contributed by atoms with Gasteiger partial charge < -0.3 is 14.3 Å². The van der Waals surface area contributed by atoms with Gasteiger partial charge in [0.05, 0.1) is 12.9 Å². The van der Waals surface area contributed by atoms with E-state index in [2.05, 4.69) is 82.8 Å². The zero-order valence-electron chi connectivity index (χ0n) is 26.6. The average Bonchev–Trinajstić information content (AvgIpc) is 3.03. The van der Waals surface area contributed by atoms with Crippen LogP contribution in [0.2, 0.25) is 0 Å². The SMILES string of the molecule is C=C(Oc1ccc(OC)cc1)C1CCC(c2ccc(C)cc2)CC1.CCC.Cc1ccc(C2CCC(C=O)CC2)cc1. The number of aryl methyl sites for hydroxylation is 2. The molecule has 226 valence electrons. The zero-order chi connectivity index (χ0) is 30.3. The van der Waals surface area contributed by atoms with E-state index in [1.54, 1.807) is 7.11 Å². The lowest BCUT2D eigenvalue weighted by Gasteiger charge is -2.29. The van der Waals surface area contributed by atoms with Crippen LogP contribution in [0, 0.1) is 25.7 Å². The van der Waals surface area contributed by atoms with Crippen LogP contribution in [-0.4, -0.2) is 13.4 Å². The molecule has 0 amide bonds. The number of hydrogen-bond acceptors (Lipinski definition) is 3. The first kappa shape index (κ1) is 33.2. The summed E-state index contributed by atoms with van der Waals surface area (Å²) in [6.45, 7) is 12.7. The number of hydrogen-bond donors (Lipinski definition) is 0. The van der Waals surface area contributed by atoms with Crippen LogP contribution in [0.25, 0.3) is 0 Å². The first-order valence-electron chi connectivity index (χ1n) is 16.0. The van der Waals surface area contributed by atoms with Crippen molar-refractivity contribution in [3.63, 3.8) is 0 Å². The fourth-order valence-corrected chi connectivity index (χ4v) is 5.89. The van der Waals surface area contributed by atoms with Crippen molar-refractivity contribution in [2.75, 3.05) is 7.11 Å². The summed E-state index contributed by atoms with van der Waals surface area (Å²) >= 11 is 0. The maximum absolute atomic E-state index is 10.6. The molecule has 2 saturated carbocycles. The highest BCUT2D eigenvalue weighted by molar-refractivity contribution is 5.53. The van der Waals surface area contributed by atoms with E-state index in [0.29, 0.717) is 23.7 Å². The van der Waals surface area contributed by atoms with Gasteiger partial charge in [-0.15, -0.1) is 0 Å². The minimum absolute atomic E-state index is 0.326. The Morgan fingerprint density at radius 1 is 0.690 bits per heavy atom. The van der Waals surface area contributed by atoms with Gasteiger partial charge in [-0.25, -0.2) is 0 Å². The number of benzene rings is 3. The van der Waals surface area contributed by atoms with Crippen LogP contribution < -0.4 is 9.47 Å². The van der Waals surface area contributed by atoms with Gasteiger partial charge in [0, 0.05) is 11.8 Å². The van der Waals surface area contributed by atoms with Gasteiger partial charge in [-0.05, 0) is 112 Å². The Kier molecular flexibility index (Phi) is 13.9. The molecule has 2 aliphatic carbocycles. The number of methoxy groups -OCH3 is 1. The van der Waals surface area contributed by atoms with Crippen molar-refractivity contribution in [1.29, 1.82) is 0 Å². The molecule has 2 fully saturated rings. The molecule has 5 rings (SSSR count). The lowest BCUT2D eigenvalue weighted by molar-refractivity contribution is -0.111. The maximum atomic E-state index is 10.6. The molecule has 0 N–H and O–H groups in total. The molecule has 0 bridgehead atoms. The van der Waals surface area contributed by atoms with Crippen LogP contribution in [-0.2, 0) is 4.79 Å². The van der Waals surface area contributed by atoms with E-state index in [1.165, 1.54) is 54.4 Å². The van der Waals surface area contributed by atoms with Crippen molar-refractivity contribution in [2.45, 2.75) is 97.3 Å². The highest BCUT2D eigenvalue weighted by Gasteiger charge is 2.25. The predicted octanol–water partition coefficient (Wildman–Crippen LogP) is 10.8. The minimum atomic E-state index is 0.326. The molecule has 3 heteroatoms. The highest BCUT2D eigenvalue weighted by Crippen LogP contribution is 2.39. The highest BCUT2D eigenvalue weighted by atomic mass is 16.5. The normalized spacial score (nSPS) is 21.5.